The molecule has 0 saturated carbocycles. The van der Waals surface area contributed by atoms with Gasteiger partial charge in [-0.2, -0.15) is 0 Å². The van der Waals surface area contributed by atoms with Crippen LogP contribution in [0.4, 0.5) is 5.69 Å². The van der Waals surface area contributed by atoms with Crippen molar-refractivity contribution in [3.05, 3.63) is 64.2 Å². The summed E-state index contributed by atoms with van der Waals surface area (Å²) in [5.41, 5.74) is 5.61. The van der Waals surface area contributed by atoms with Crippen LogP contribution in [-0.2, 0) is 14.8 Å². The van der Waals surface area contributed by atoms with E-state index in [-0.39, 0.29) is 11.9 Å². The highest BCUT2D eigenvalue weighted by atomic mass is 32.2. The molecule has 152 valence electrons. The van der Waals surface area contributed by atoms with Crippen molar-refractivity contribution in [2.45, 2.75) is 53.6 Å². The van der Waals surface area contributed by atoms with Gasteiger partial charge in [0.05, 0.1) is 18.0 Å². The second-order valence-corrected chi connectivity index (χ2v) is 9.53. The third-order valence-corrected chi connectivity index (χ3v) is 6.05. The van der Waals surface area contributed by atoms with Crippen molar-refractivity contribution in [2.24, 2.45) is 0 Å². The van der Waals surface area contributed by atoms with Crippen molar-refractivity contribution < 1.29 is 13.2 Å². The van der Waals surface area contributed by atoms with Gasteiger partial charge < -0.3 is 5.32 Å². The smallest absolute Gasteiger partial charge is 0.244 e. The lowest BCUT2D eigenvalue weighted by molar-refractivity contribution is -0.122. The Morgan fingerprint density at radius 3 is 2.04 bits per heavy atom. The maximum atomic E-state index is 12.9. The van der Waals surface area contributed by atoms with Gasteiger partial charge in [-0.3, -0.25) is 9.10 Å². The Hall–Kier alpha value is -2.34. The molecule has 2 aromatic carbocycles. The van der Waals surface area contributed by atoms with E-state index in [0.717, 1.165) is 34.1 Å². The molecule has 0 fully saturated rings. The minimum Gasteiger partial charge on any atom is -0.348 e. The summed E-state index contributed by atoms with van der Waals surface area (Å²) < 4.78 is 26.2. The molecule has 6 heteroatoms. The maximum Gasteiger partial charge on any atom is 0.244 e. The molecule has 0 unspecified atom stereocenters. The molecule has 0 saturated heterocycles. The summed E-state index contributed by atoms with van der Waals surface area (Å²) in [6.45, 7) is 11.3. The van der Waals surface area contributed by atoms with E-state index in [4.69, 9.17) is 0 Å². The molecule has 0 spiro atoms. The van der Waals surface area contributed by atoms with Crippen LogP contribution in [0.1, 0.15) is 47.7 Å². The molecule has 0 bridgehead atoms. The summed E-state index contributed by atoms with van der Waals surface area (Å²) in [4.78, 5) is 12.9. The number of nitrogens with one attached hydrogen (secondary N) is 1. The third-order valence-electron chi connectivity index (χ3n) is 4.81. The predicted molar refractivity (Wildman–Crippen MR) is 115 cm³/mol. The van der Waals surface area contributed by atoms with E-state index < -0.39 is 16.1 Å². The van der Waals surface area contributed by atoms with Gasteiger partial charge in [-0.25, -0.2) is 8.42 Å². The Labute approximate surface area is 168 Å². The first-order valence-corrected chi connectivity index (χ1v) is 11.2. The van der Waals surface area contributed by atoms with Crippen molar-refractivity contribution in [3.63, 3.8) is 0 Å². The molecule has 0 radical (unpaired) electrons. The second kappa shape index (κ2) is 8.35. The Morgan fingerprint density at radius 1 is 0.929 bits per heavy atom. The van der Waals surface area contributed by atoms with E-state index in [2.05, 4.69) is 5.32 Å². The number of amides is 1. The van der Waals surface area contributed by atoms with Crippen LogP contribution in [0.5, 0.6) is 0 Å². The number of benzene rings is 2. The zero-order chi connectivity index (χ0) is 21.2. The van der Waals surface area contributed by atoms with Gasteiger partial charge in [-0.1, -0.05) is 29.8 Å². The van der Waals surface area contributed by atoms with Gasteiger partial charge in [0, 0.05) is 0 Å². The monoisotopic (exact) mass is 402 g/mol. The summed E-state index contributed by atoms with van der Waals surface area (Å²) >= 11 is 0. The predicted octanol–water partition coefficient (Wildman–Crippen LogP) is 3.95. The van der Waals surface area contributed by atoms with Crippen LogP contribution >= 0.6 is 0 Å². The van der Waals surface area contributed by atoms with Crippen molar-refractivity contribution in [2.75, 3.05) is 10.6 Å². The number of anilines is 1. The lowest BCUT2D eigenvalue weighted by Crippen LogP contribution is -2.48. The van der Waals surface area contributed by atoms with Gasteiger partial charge in [0.25, 0.3) is 0 Å². The van der Waals surface area contributed by atoms with Gasteiger partial charge in [0.2, 0.25) is 15.9 Å². The average molecular weight is 403 g/mol. The zero-order valence-electron chi connectivity index (χ0n) is 17.7. The SMILES string of the molecule is Cc1cc(C)cc(N([C@H](C)C(=O)N[C@H](C)c2cc(C)ccc2C)S(C)(=O)=O)c1. The molecule has 0 aliphatic heterocycles. The zero-order valence-corrected chi connectivity index (χ0v) is 18.5. The van der Waals surface area contributed by atoms with Crippen molar-refractivity contribution >= 4 is 21.6 Å². The molecule has 1 N–H and O–H groups in total. The third kappa shape index (κ3) is 5.13. The first-order chi connectivity index (χ1) is 12.9. The fourth-order valence-electron chi connectivity index (χ4n) is 3.52. The minimum absolute atomic E-state index is 0.226. The number of hydrogen-bond acceptors (Lipinski definition) is 3. The summed E-state index contributed by atoms with van der Waals surface area (Å²) in [5.74, 6) is -0.335. The summed E-state index contributed by atoms with van der Waals surface area (Å²) in [6.07, 6.45) is 1.13. The highest BCUT2D eigenvalue weighted by molar-refractivity contribution is 7.92. The number of aryl methyl sites for hydroxylation is 4. The Morgan fingerprint density at radius 2 is 1.50 bits per heavy atom. The second-order valence-electron chi connectivity index (χ2n) is 7.67. The average Bonchev–Trinajstić information content (AvgIpc) is 2.54. The summed E-state index contributed by atoms with van der Waals surface area (Å²) in [6, 6.07) is 10.5. The standard InChI is InChI=1S/C22H30N2O3S/c1-14-8-9-17(4)21(13-14)18(5)23-22(25)19(6)24(28(7,26)27)20-11-15(2)10-16(3)12-20/h8-13,18-19H,1-7H3,(H,23,25)/t18-,19-/m1/s1. The topological polar surface area (TPSA) is 66.5 Å². The molecular weight excluding hydrogens is 372 g/mol. The Bertz CT molecular complexity index is 963. The molecule has 1 amide bonds. The fourth-order valence-corrected chi connectivity index (χ4v) is 4.68. The summed E-state index contributed by atoms with van der Waals surface area (Å²) in [5, 5.41) is 2.97. The number of nitrogens with zero attached hydrogens (tertiary/aromatic N) is 1. The normalized spacial score (nSPS) is 13.7. The number of carbonyl (C=O) groups is 1. The lowest BCUT2D eigenvalue weighted by Gasteiger charge is -2.30. The number of rotatable bonds is 6. The highest BCUT2D eigenvalue weighted by Gasteiger charge is 2.30. The molecule has 2 rings (SSSR count). The molecule has 2 atom stereocenters. The summed E-state index contributed by atoms with van der Waals surface area (Å²) in [7, 11) is -3.64. The van der Waals surface area contributed by atoms with Crippen molar-refractivity contribution in [3.8, 4) is 0 Å². The van der Waals surface area contributed by atoms with E-state index in [1.165, 1.54) is 4.31 Å². The number of sulfonamides is 1. The Kier molecular flexibility index (Phi) is 6.55. The molecule has 0 aromatic heterocycles. The van der Waals surface area contributed by atoms with Gasteiger partial charge in [0.1, 0.15) is 6.04 Å². The molecule has 2 aromatic rings. The van der Waals surface area contributed by atoms with Crippen LogP contribution in [0.15, 0.2) is 36.4 Å². The van der Waals surface area contributed by atoms with Gasteiger partial charge >= 0.3 is 0 Å². The van der Waals surface area contributed by atoms with Crippen LogP contribution in [0, 0.1) is 27.7 Å². The molecule has 0 aliphatic rings. The number of hydrogen-bond donors (Lipinski definition) is 1. The molecule has 5 nitrogen and oxygen atoms in total. The van der Waals surface area contributed by atoms with Crippen LogP contribution in [0.25, 0.3) is 0 Å². The highest BCUT2D eigenvalue weighted by Crippen LogP contribution is 2.25. The first-order valence-electron chi connectivity index (χ1n) is 9.35. The lowest BCUT2D eigenvalue weighted by atomic mass is 10.00. The fraction of sp³-hybridized carbons (Fsp3) is 0.409. The largest absolute Gasteiger partial charge is 0.348 e. The van der Waals surface area contributed by atoms with E-state index in [1.807, 2.05) is 58.9 Å². The van der Waals surface area contributed by atoms with Crippen LogP contribution in [0.3, 0.4) is 0 Å². The van der Waals surface area contributed by atoms with Crippen LogP contribution in [0.2, 0.25) is 0 Å². The van der Waals surface area contributed by atoms with Crippen molar-refractivity contribution in [1.82, 2.24) is 5.32 Å². The molecule has 0 aliphatic carbocycles. The quantitative estimate of drug-likeness (QED) is 0.795. The molecular formula is C22H30N2O3S. The van der Waals surface area contributed by atoms with Crippen molar-refractivity contribution in [1.29, 1.82) is 0 Å². The van der Waals surface area contributed by atoms with E-state index in [9.17, 15) is 13.2 Å². The first kappa shape index (κ1) is 22.0. The molecule has 28 heavy (non-hydrogen) atoms. The van der Waals surface area contributed by atoms with Gasteiger partial charge in [-0.15, -0.1) is 0 Å². The maximum absolute atomic E-state index is 12.9. The minimum atomic E-state index is -3.64. The van der Waals surface area contributed by atoms with E-state index in [0.29, 0.717) is 5.69 Å². The van der Waals surface area contributed by atoms with Crippen LogP contribution < -0.4 is 9.62 Å². The molecule has 0 heterocycles. The number of carbonyl (C=O) groups excluding carboxylic acids is 1. The van der Waals surface area contributed by atoms with Gasteiger partial charge in [-0.05, 0) is 75.9 Å². The van der Waals surface area contributed by atoms with E-state index >= 15 is 0 Å². The van der Waals surface area contributed by atoms with Crippen LogP contribution in [-0.4, -0.2) is 26.6 Å². The van der Waals surface area contributed by atoms with Gasteiger partial charge in [0.15, 0.2) is 0 Å². The Balaban J connectivity index is 2.32. The van der Waals surface area contributed by atoms with E-state index in [1.54, 1.807) is 19.1 Å².